The van der Waals surface area contributed by atoms with Crippen molar-refractivity contribution in [2.24, 2.45) is 0 Å². The molecule has 18 heavy (non-hydrogen) atoms. The summed E-state index contributed by atoms with van der Waals surface area (Å²) in [6.07, 6.45) is 3.92. The fourth-order valence-electron chi connectivity index (χ4n) is 2.44. The summed E-state index contributed by atoms with van der Waals surface area (Å²) in [6.45, 7) is 3.15. The predicted molar refractivity (Wildman–Crippen MR) is 76.2 cm³/mol. The Hall–Kier alpha value is -1.42. The van der Waals surface area contributed by atoms with Crippen LogP contribution in [0.15, 0.2) is 35.2 Å². The van der Waals surface area contributed by atoms with Crippen LogP contribution in [0, 0.1) is 6.92 Å². The molecule has 1 aliphatic rings. The minimum atomic E-state index is 0.826. The Morgan fingerprint density at radius 3 is 2.94 bits per heavy atom. The van der Waals surface area contributed by atoms with Gasteiger partial charge in [0.2, 0.25) is 0 Å². The SMILES string of the molecule is Cc1ccc2c(c1)CCCN2c1cc(Br)ncn1. The summed E-state index contributed by atoms with van der Waals surface area (Å²) < 4.78 is 0.826. The molecule has 0 bridgehead atoms. The minimum Gasteiger partial charge on any atom is -0.326 e. The van der Waals surface area contributed by atoms with Crippen molar-refractivity contribution in [2.45, 2.75) is 19.8 Å². The van der Waals surface area contributed by atoms with Gasteiger partial charge in [-0.1, -0.05) is 17.7 Å². The maximum Gasteiger partial charge on any atom is 0.137 e. The van der Waals surface area contributed by atoms with Gasteiger partial charge in [-0.2, -0.15) is 0 Å². The lowest BCUT2D eigenvalue weighted by Gasteiger charge is -2.30. The monoisotopic (exact) mass is 303 g/mol. The van der Waals surface area contributed by atoms with Gasteiger partial charge in [-0.25, -0.2) is 9.97 Å². The molecule has 0 radical (unpaired) electrons. The third-order valence-corrected chi connectivity index (χ3v) is 3.68. The molecule has 0 N–H and O–H groups in total. The molecular weight excluding hydrogens is 290 g/mol. The van der Waals surface area contributed by atoms with Crippen LogP contribution < -0.4 is 4.90 Å². The van der Waals surface area contributed by atoms with Crippen molar-refractivity contribution < 1.29 is 0 Å². The number of benzene rings is 1. The number of nitrogens with zero attached hydrogens (tertiary/aromatic N) is 3. The number of aryl methyl sites for hydroxylation is 2. The van der Waals surface area contributed by atoms with E-state index >= 15 is 0 Å². The van der Waals surface area contributed by atoms with Crippen molar-refractivity contribution >= 4 is 27.4 Å². The van der Waals surface area contributed by atoms with E-state index in [2.05, 4.69) is 55.9 Å². The maximum absolute atomic E-state index is 4.37. The van der Waals surface area contributed by atoms with E-state index in [0.29, 0.717) is 0 Å². The Kier molecular flexibility index (Phi) is 3.04. The van der Waals surface area contributed by atoms with E-state index in [9.17, 15) is 0 Å². The van der Waals surface area contributed by atoms with Crippen molar-refractivity contribution in [2.75, 3.05) is 11.4 Å². The van der Waals surface area contributed by atoms with Gasteiger partial charge in [-0.05, 0) is 47.3 Å². The molecule has 2 heterocycles. The van der Waals surface area contributed by atoms with Crippen LogP contribution in [0.2, 0.25) is 0 Å². The molecule has 1 aliphatic heterocycles. The first kappa shape index (κ1) is 11.7. The predicted octanol–water partition coefficient (Wildman–Crippen LogP) is 3.63. The van der Waals surface area contributed by atoms with E-state index in [1.807, 2.05) is 6.07 Å². The smallest absolute Gasteiger partial charge is 0.137 e. The Morgan fingerprint density at radius 2 is 2.11 bits per heavy atom. The van der Waals surface area contributed by atoms with Crippen LogP contribution in [0.5, 0.6) is 0 Å². The summed E-state index contributed by atoms with van der Waals surface area (Å²) in [5.74, 6) is 0.960. The van der Waals surface area contributed by atoms with Crippen molar-refractivity contribution in [3.8, 4) is 0 Å². The zero-order valence-corrected chi connectivity index (χ0v) is 11.8. The van der Waals surface area contributed by atoms with Crippen LogP contribution in [0.1, 0.15) is 17.5 Å². The molecule has 0 aliphatic carbocycles. The molecule has 3 nitrogen and oxygen atoms in total. The Labute approximate surface area is 115 Å². The van der Waals surface area contributed by atoms with Crippen molar-refractivity contribution in [1.29, 1.82) is 0 Å². The third kappa shape index (κ3) is 2.12. The van der Waals surface area contributed by atoms with Gasteiger partial charge in [0.05, 0.1) is 0 Å². The molecule has 4 heteroatoms. The topological polar surface area (TPSA) is 29.0 Å². The third-order valence-electron chi connectivity index (χ3n) is 3.25. The van der Waals surface area contributed by atoms with Gasteiger partial charge in [-0.3, -0.25) is 0 Å². The van der Waals surface area contributed by atoms with E-state index in [1.165, 1.54) is 16.8 Å². The highest BCUT2D eigenvalue weighted by Gasteiger charge is 2.19. The zero-order valence-electron chi connectivity index (χ0n) is 10.2. The van der Waals surface area contributed by atoms with Gasteiger partial charge < -0.3 is 4.90 Å². The molecule has 0 fully saturated rings. The molecule has 1 aromatic carbocycles. The summed E-state index contributed by atoms with van der Waals surface area (Å²) in [7, 11) is 0. The molecular formula is C14H14BrN3. The summed E-state index contributed by atoms with van der Waals surface area (Å²) in [5.41, 5.74) is 4.01. The summed E-state index contributed by atoms with van der Waals surface area (Å²) in [5, 5.41) is 0. The average molecular weight is 304 g/mol. The number of halogens is 1. The first-order chi connectivity index (χ1) is 8.74. The molecule has 0 saturated carbocycles. The van der Waals surface area contributed by atoms with Crippen LogP contribution in [-0.2, 0) is 6.42 Å². The quantitative estimate of drug-likeness (QED) is 0.753. The van der Waals surface area contributed by atoms with Crippen LogP contribution in [0.4, 0.5) is 11.5 Å². The molecule has 0 saturated heterocycles. The van der Waals surface area contributed by atoms with Crippen LogP contribution >= 0.6 is 15.9 Å². The first-order valence-corrected chi connectivity index (χ1v) is 6.88. The van der Waals surface area contributed by atoms with Gasteiger partial charge in [0.25, 0.3) is 0 Å². The van der Waals surface area contributed by atoms with Crippen molar-refractivity contribution in [3.05, 3.63) is 46.3 Å². The number of rotatable bonds is 1. The molecule has 0 spiro atoms. The first-order valence-electron chi connectivity index (χ1n) is 6.08. The molecule has 2 aromatic rings. The van der Waals surface area contributed by atoms with E-state index in [-0.39, 0.29) is 0 Å². The van der Waals surface area contributed by atoms with E-state index in [1.54, 1.807) is 6.33 Å². The van der Waals surface area contributed by atoms with Gasteiger partial charge in [-0.15, -0.1) is 0 Å². The lowest BCUT2D eigenvalue weighted by atomic mass is 9.99. The molecule has 0 amide bonds. The largest absolute Gasteiger partial charge is 0.326 e. The standard InChI is InChI=1S/C14H14BrN3/c1-10-4-5-12-11(7-10)3-2-6-18(12)14-8-13(15)16-9-17-14/h4-5,7-9H,2-3,6H2,1H3. The van der Waals surface area contributed by atoms with Gasteiger partial charge >= 0.3 is 0 Å². The van der Waals surface area contributed by atoms with E-state index in [0.717, 1.165) is 29.8 Å². The van der Waals surface area contributed by atoms with E-state index in [4.69, 9.17) is 0 Å². The molecule has 3 rings (SSSR count). The zero-order chi connectivity index (χ0) is 12.5. The number of aromatic nitrogens is 2. The lowest BCUT2D eigenvalue weighted by Crippen LogP contribution is -2.25. The summed E-state index contributed by atoms with van der Waals surface area (Å²) in [6, 6.07) is 8.60. The fraction of sp³-hybridized carbons (Fsp3) is 0.286. The second-order valence-corrected chi connectivity index (χ2v) is 5.40. The second kappa shape index (κ2) is 4.69. The van der Waals surface area contributed by atoms with Crippen molar-refractivity contribution in [1.82, 2.24) is 9.97 Å². The van der Waals surface area contributed by atoms with Crippen LogP contribution in [0.25, 0.3) is 0 Å². The molecule has 0 unspecified atom stereocenters. The summed E-state index contributed by atoms with van der Waals surface area (Å²) >= 11 is 3.40. The second-order valence-electron chi connectivity index (χ2n) is 4.59. The highest BCUT2D eigenvalue weighted by Crippen LogP contribution is 2.33. The summed E-state index contributed by atoms with van der Waals surface area (Å²) in [4.78, 5) is 10.7. The molecule has 1 aromatic heterocycles. The Morgan fingerprint density at radius 1 is 1.22 bits per heavy atom. The highest BCUT2D eigenvalue weighted by atomic mass is 79.9. The average Bonchev–Trinajstić information content (AvgIpc) is 2.37. The van der Waals surface area contributed by atoms with Crippen LogP contribution in [0.3, 0.4) is 0 Å². The highest BCUT2D eigenvalue weighted by molar-refractivity contribution is 9.10. The molecule has 0 atom stereocenters. The van der Waals surface area contributed by atoms with Crippen molar-refractivity contribution in [3.63, 3.8) is 0 Å². The minimum absolute atomic E-state index is 0.826. The maximum atomic E-state index is 4.37. The number of fused-ring (bicyclic) bond motifs is 1. The van der Waals surface area contributed by atoms with Gasteiger partial charge in [0.1, 0.15) is 16.7 Å². The van der Waals surface area contributed by atoms with Gasteiger partial charge in [0, 0.05) is 18.3 Å². The number of hydrogen-bond acceptors (Lipinski definition) is 3. The van der Waals surface area contributed by atoms with Gasteiger partial charge in [0.15, 0.2) is 0 Å². The number of hydrogen-bond donors (Lipinski definition) is 0. The number of anilines is 2. The fourth-order valence-corrected chi connectivity index (χ4v) is 2.73. The Balaban J connectivity index is 2.06. The normalized spacial score (nSPS) is 14.4. The van der Waals surface area contributed by atoms with E-state index < -0.39 is 0 Å². The molecule has 92 valence electrons. The lowest BCUT2D eigenvalue weighted by molar-refractivity contribution is 0.757. The Bertz CT molecular complexity index is 583. The van der Waals surface area contributed by atoms with Crippen LogP contribution in [-0.4, -0.2) is 16.5 Å².